The molecule has 0 radical (unpaired) electrons. The number of benzene rings is 1. The van der Waals surface area contributed by atoms with E-state index >= 15 is 0 Å². The van der Waals surface area contributed by atoms with Crippen LogP contribution >= 0.6 is 34.7 Å². The number of carboxylic acids is 2. The first-order chi connectivity index (χ1) is 25.4. The molecule has 22 heteroatoms. The fourth-order valence-electron chi connectivity index (χ4n) is 6.87. The number of nitrogens with two attached hydrogens (primary N) is 1. The van der Waals surface area contributed by atoms with Gasteiger partial charge in [0.15, 0.2) is 27.9 Å². The molecule has 288 valence electrons. The van der Waals surface area contributed by atoms with Gasteiger partial charge in [0.2, 0.25) is 0 Å². The number of likely N-dealkylation sites (tertiary alicyclic amines) is 1. The van der Waals surface area contributed by atoms with Gasteiger partial charge in [-0.05, 0) is 20.8 Å². The van der Waals surface area contributed by atoms with Crippen molar-refractivity contribution in [3.63, 3.8) is 0 Å². The summed E-state index contributed by atoms with van der Waals surface area (Å²) in [6.45, 7) is 6.92. The van der Waals surface area contributed by atoms with E-state index in [9.17, 15) is 44.4 Å². The Labute approximate surface area is 348 Å². The zero-order chi connectivity index (χ0) is 39.3. The molecule has 6 N–H and O–H groups in total. The van der Waals surface area contributed by atoms with E-state index in [1.54, 1.807) is 0 Å². The molecule has 0 bridgehead atoms. The number of aryl methyl sites for hydroxylation is 1. The number of oxime groups is 1. The van der Waals surface area contributed by atoms with Crippen LogP contribution in [0.4, 0.5) is 5.13 Å². The van der Waals surface area contributed by atoms with Crippen molar-refractivity contribution in [1.82, 2.24) is 24.8 Å². The van der Waals surface area contributed by atoms with E-state index in [0.717, 1.165) is 43.3 Å². The third kappa shape index (κ3) is 8.16. The second-order valence-electron chi connectivity index (χ2n) is 13.8. The van der Waals surface area contributed by atoms with Crippen molar-refractivity contribution in [2.45, 2.75) is 68.8 Å². The van der Waals surface area contributed by atoms with Gasteiger partial charge in [-0.1, -0.05) is 16.8 Å². The van der Waals surface area contributed by atoms with E-state index < -0.39 is 63.5 Å². The number of thioether (sulfide) groups is 1. The zero-order valence-corrected chi connectivity index (χ0v) is 34.7. The minimum Gasteiger partial charge on any atom is -0.546 e. The van der Waals surface area contributed by atoms with Gasteiger partial charge in [0.05, 0.1) is 42.8 Å². The predicted molar refractivity (Wildman–Crippen MR) is 195 cm³/mol. The number of thiazole rings is 1. The molecule has 2 saturated heterocycles. The number of carboxylic acid groups (broad SMARTS) is 2. The predicted octanol–water partition coefficient (Wildman–Crippen LogP) is -2.42. The SMILES string of the molecule is C[C@@H]1S[C@@H]2[C@H](NC(=O)/C(=N\OC(C)(C)C(=O)[O-])c3csc(N)n3)C(=O)N2C(C(=O)O)=C1C[N+]1(CCCn2cnc3cc(O)c(O)c(Cl)c3c2=O)CCCC1.[Na+]. The maximum Gasteiger partial charge on any atom is 1.00 e. The number of aromatic nitrogens is 3. The largest absolute Gasteiger partial charge is 1.00 e. The number of hydrogen-bond donors (Lipinski definition) is 5. The number of phenolic OH excluding ortho intramolecular Hbond substituents is 2. The number of phenols is 2. The van der Waals surface area contributed by atoms with E-state index in [0.29, 0.717) is 29.6 Å². The number of nitrogen functional groups attached to an aromatic ring is 1. The molecule has 3 aliphatic rings. The first-order valence-electron chi connectivity index (χ1n) is 16.8. The Morgan fingerprint density at radius 3 is 2.55 bits per heavy atom. The first-order valence-corrected chi connectivity index (χ1v) is 19.0. The van der Waals surface area contributed by atoms with Crippen LogP contribution in [0.3, 0.4) is 0 Å². The number of quaternary nitrogens is 1. The molecule has 3 atom stereocenters. The number of aliphatic carboxylic acids is 2. The molecular weight excluding hydrogens is 791 g/mol. The van der Waals surface area contributed by atoms with Crippen LogP contribution in [0.15, 0.2) is 39.0 Å². The maximum atomic E-state index is 13.6. The van der Waals surface area contributed by atoms with Crippen LogP contribution in [0, 0.1) is 0 Å². The number of fused-ring (bicyclic) bond motifs is 2. The molecule has 0 aliphatic carbocycles. The summed E-state index contributed by atoms with van der Waals surface area (Å²) in [5.41, 5.74) is 3.48. The summed E-state index contributed by atoms with van der Waals surface area (Å²) in [7, 11) is 0. The summed E-state index contributed by atoms with van der Waals surface area (Å²) in [4.78, 5) is 79.3. The Bertz CT molecular complexity index is 2190. The number of aromatic hydroxyl groups is 2. The fourth-order valence-corrected chi connectivity index (χ4v) is 9.14. The fraction of sp³-hybridized carbons (Fsp3) is 0.455. The number of nitrogens with zero attached hydrogens (tertiary/aromatic N) is 6. The Morgan fingerprint density at radius 1 is 1.24 bits per heavy atom. The molecule has 6 rings (SSSR count). The number of anilines is 1. The molecule has 0 saturated carbocycles. The topological polar surface area (TPSA) is 263 Å². The Kier molecular flexibility index (Phi) is 12.5. The molecular formula is C33H37ClN8NaO10S2+. The van der Waals surface area contributed by atoms with E-state index in [-0.39, 0.29) is 73.8 Å². The monoisotopic (exact) mass is 827 g/mol. The van der Waals surface area contributed by atoms with Crippen LogP contribution in [0.1, 0.15) is 45.7 Å². The average Bonchev–Trinajstić information content (AvgIpc) is 3.76. The summed E-state index contributed by atoms with van der Waals surface area (Å²) in [5, 5.41) is 48.3. The number of β-lactam (4-membered cyclic amide) rings is 1. The van der Waals surface area contributed by atoms with Crippen molar-refractivity contribution in [2.75, 3.05) is 31.9 Å². The van der Waals surface area contributed by atoms with Crippen molar-refractivity contribution in [2.24, 2.45) is 5.16 Å². The molecule has 3 aliphatic heterocycles. The number of carbonyl (C=O) groups is 4. The molecule has 0 spiro atoms. The number of amides is 2. The standard InChI is InChI=1S/C33H37ClN8O10S2.Na/c1-15-16(12-42(8-4-5-9-42)10-6-7-40-14-36-17-11-19(43)25(44)21(34)20(17)27(40)46)24(30(48)49)41-28(47)23(29(41)54-15)38-26(45)22(18-13-53-32(35)37-18)39-52-33(2,3)31(50)51;/h11,13-15,23,29H,4-10,12H2,1-3H3,(H6-,35,37,38,39,43,44,45,46,48,49,50,51);/q;+1/t15-,23+,29+;/m0./s1. The maximum absolute atomic E-state index is 13.6. The van der Waals surface area contributed by atoms with Crippen LogP contribution < -0.4 is 51.3 Å². The molecule has 0 unspecified atom stereocenters. The molecule has 5 heterocycles. The number of nitrogens with one attached hydrogen (secondary N) is 1. The molecule has 2 amide bonds. The van der Waals surface area contributed by atoms with Gasteiger partial charge in [-0.15, -0.1) is 23.1 Å². The van der Waals surface area contributed by atoms with E-state index in [1.165, 1.54) is 46.8 Å². The second-order valence-corrected chi connectivity index (χ2v) is 16.6. The van der Waals surface area contributed by atoms with Gasteiger partial charge in [-0.3, -0.25) is 23.9 Å². The van der Waals surface area contributed by atoms with Crippen molar-refractivity contribution >= 4 is 80.2 Å². The van der Waals surface area contributed by atoms with E-state index in [4.69, 9.17) is 22.2 Å². The summed E-state index contributed by atoms with van der Waals surface area (Å²) in [6, 6.07) is 0.0240. The quantitative estimate of drug-likeness (QED) is 0.0300. The third-order valence-electron chi connectivity index (χ3n) is 9.81. The minimum absolute atomic E-state index is 0. The Balaban J connectivity index is 0.00000580. The van der Waals surface area contributed by atoms with Gasteiger partial charge < -0.3 is 45.6 Å². The Morgan fingerprint density at radius 2 is 1.93 bits per heavy atom. The van der Waals surface area contributed by atoms with Gasteiger partial charge in [0, 0.05) is 48.1 Å². The van der Waals surface area contributed by atoms with E-state index in [2.05, 4.69) is 20.4 Å². The number of hydrogen-bond acceptors (Lipinski definition) is 15. The molecule has 2 fully saturated rings. The zero-order valence-electron chi connectivity index (χ0n) is 30.3. The van der Waals surface area contributed by atoms with Gasteiger partial charge in [-0.2, -0.15) is 0 Å². The molecule has 2 aromatic heterocycles. The summed E-state index contributed by atoms with van der Waals surface area (Å²) in [5.74, 6) is -5.52. The number of rotatable bonds is 13. The van der Waals surface area contributed by atoms with Crippen molar-refractivity contribution < 1.29 is 78.5 Å². The molecule has 3 aromatic rings. The number of carbonyl (C=O) groups excluding carboxylic acids is 3. The van der Waals surface area contributed by atoms with E-state index in [1.807, 2.05) is 6.92 Å². The van der Waals surface area contributed by atoms with Crippen LogP contribution in [0.25, 0.3) is 10.9 Å². The smallest absolute Gasteiger partial charge is 0.546 e. The molecule has 55 heavy (non-hydrogen) atoms. The minimum atomic E-state index is -1.91. The Hall–Kier alpha value is -3.92. The van der Waals surface area contributed by atoms with Gasteiger partial charge >= 0.3 is 35.5 Å². The van der Waals surface area contributed by atoms with Crippen molar-refractivity contribution in [3.05, 3.63) is 50.1 Å². The first kappa shape index (κ1) is 42.2. The second kappa shape index (κ2) is 16.3. The van der Waals surface area contributed by atoms with Crippen LogP contribution in [0.5, 0.6) is 11.5 Å². The third-order valence-corrected chi connectivity index (χ3v) is 12.3. The van der Waals surface area contributed by atoms with Gasteiger partial charge in [-0.25, -0.2) is 14.8 Å². The molecule has 1 aromatic carbocycles. The summed E-state index contributed by atoms with van der Waals surface area (Å²) >= 11 is 8.50. The van der Waals surface area contributed by atoms with Crippen molar-refractivity contribution in [3.8, 4) is 11.5 Å². The van der Waals surface area contributed by atoms with Crippen LogP contribution in [0.2, 0.25) is 5.02 Å². The normalized spacial score (nSPS) is 20.8. The average molecular weight is 828 g/mol. The summed E-state index contributed by atoms with van der Waals surface area (Å²) < 4.78 is 1.92. The van der Waals surface area contributed by atoms with Gasteiger partial charge in [0.25, 0.3) is 17.4 Å². The van der Waals surface area contributed by atoms with Crippen LogP contribution in [-0.2, 0) is 30.6 Å². The molecule has 18 nitrogen and oxygen atoms in total. The van der Waals surface area contributed by atoms with Gasteiger partial charge in [0.1, 0.15) is 34.4 Å². The summed E-state index contributed by atoms with van der Waals surface area (Å²) in [6.07, 6.45) is 3.68. The van der Waals surface area contributed by atoms with Crippen molar-refractivity contribution in [1.29, 1.82) is 0 Å². The number of halogens is 1. The van der Waals surface area contributed by atoms with Crippen LogP contribution in [-0.4, -0.2) is 117 Å².